The molecule has 0 aromatic heterocycles. The minimum Gasteiger partial charge on any atom is -0.381 e. The first-order chi connectivity index (χ1) is 9.61. The summed E-state index contributed by atoms with van der Waals surface area (Å²) in [5.74, 6) is -0.172. The Morgan fingerprint density at radius 2 is 2.00 bits per heavy atom. The number of hydrogen-bond donors (Lipinski definition) is 1. The van der Waals surface area contributed by atoms with Gasteiger partial charge in [-0.2, -0.15) is 0 Å². The summed E-state index contributed by atoms with van der Waals surface area (Å²) in [7, 11) is 1.92. The highest BCUT2D eigenvalue weighted by atomic mass is 35.5. The maximum Gasteiger partial charge on any atom is 0.128 e. The lowest BCUT2D eigenvalue weighted by molar-refractivity contribution is -0.0741. The van der Waals surface area contributed by atoms with Gasteiger partial charge in [0.2, 0.25) is 0 Å². The lowest BCUT2D eigenvalue weighted by atomic mass is 9.48. The molecule has 1 spiro atoms. The van der Waals surface area contributed by atoms with E-state index in [0.29, 0.717) is 16.0 Å². The first-order valence-electron chi connectivity index (χ1n) is 7.28. The zero-order valence-corrected chi connectivity index (χ0v) is 12.6. The molecule has 0 amide bonds. The third-order valence-electron chi connectivity index (χ3n) is 4.99. The van der Waals surface area contributed by atoms with Crippen molar-refractivity contribution in [1.82, 2.24) is 5.32 Å². The molecule has 1 aromatic rings. The third-order valence-corrected chi connectivity index (χ3v) is 5.30. The number of likely N-dealkylation sites (N-methyl/N-ethyl adjacent to an activating group) is 1. The van der Waals surface area contributed by atoms with E-state index in [9.17, 15) is 4.39 Å². The van der Waals surface area contributed by atoms with Gasteiger partial charge in [0, 0.05) is 35.8 Å². The number of ether oxygens (including phenoxy) is 1. The van der Waals surface area contributed by atoms with Crippen LogP contribution in [0.1, 0.15) is 31.2 Å². The molecule has 0 bridgehead atoms. The summed E-state index contributed by atoms with van der Waals surface area (Å²) < 4.78 is 19.8. The van der Waals surface area contributed by atoms with Crippen LogP contribution < -0.4 is 5.32 Å². The zero-order valence-electron chi connectivity index (χ0n) is 11.8. The van der Waals surface area contributed by atoms with Gasteiger partial charge in [-0.1, -0.05) is 17.7 Å². The predicted molar refractivity (Wildman–Crippen MR) is 78.7 cm³/mol. The molecule has 4 heteroatoms. The van der Waals surface area contributed by atoms with Crippen LogP contribution in [0.5, 0.6) is 0 Å². The van der Waals surface area contributed by atoms with Gasteiger partial charge in [-0.3, -0.25) is 0 Å². The van der Waals surface area contributed by atoms with Crippen LogP contribution >= 0.6 is 11.6 Å². The average Bonchev–Trinajstić information content (AvgIpc) is 2.38. The Morgan fingerprint density at radius 3 is 2.60 bits per heavy atom. The molecule has 1 aliphatic heterocycles. The number of benzene rings is 1. The Balaban J connectivity index is 1.91. The highest BCUT2D eigenvalue weighted by Gasteiger charge is 2.56. The Labute approximate surface area is 124 Å². The minimum absolute atomic E-state index is 0.158. The van der Waals surface area contributed by atoms with Crippen LogP contribution in [0, 0.1) is 11.2 Å². The van der Waals surface area contributed by atoms with Crippen molar-refractivity contribution in [3.05, 3.63) is 34.6 Å². The second-order valence-electron chi connectivity index (χ2n) is 6.37. The molecule has 20 heavy (non-hydrogen) atoms. The molecule has 1 aliphatic carbocycles. The smallest absolute Gasteiger partial charge is 0.128 e. The second kappa shape index (κ2) is 5.28. The van der Waals surface area contributed by atoms with E-state index >= 15 is 0 Å². The molecule has 0 unspecified atom stereocenters. The van der Waals surface area contributed by atoms with Crippen LogP contribution in [-0.4, -0.2) is 26.8 Å². The largest absolute Gasteiger partial charge is 0.381 e. The van der Waals surface area contributed by atoms with Gasteiger partial charge in [-0.25, -0.2) is 4.39 Å². The van der Waals surface area contributed by atoms with Gasteiger partial charge in [0.15, 0.2) is 0 Å². The lowest BCUT2D eigenvalue weighted by Gasteiger charge is -2.58. The van der Waals surface area contributed by atoms with Gasteiger partial charge in [-0.05, 0) is 50.3 Å². The maximum atomic E-state index is 14.3. The maximum absolute atomic E-state index is 14.3. The van der Waals surface area contributed by atoms with Gasteiger partial charge in [0.1, 0.15) is 5.82 Å². The molecule has 2 nitrogen and oxygen atoms in total. The fourth-order valence-corrected chi connectivity index (χ4v) is 4.64. The Morgan fingerprint density at radius 1 is 1.30 bits per heavy atom. The van der Waals surface area contributed by atoms with Crippen molar-refractivity contribution >= 4 is 11.6 Å². The Bertz CT molecular complexity index is 471. The van der Waals surface area contributed by atoms with Gasteiger partial charge in [0.05, 0.1) is 0 Å². The predicted octanol–water partition coefficient (Wildman–Crippen LogP) is 3.53. The van der Waals surface area contributed by atoms with E-state index in [1.54, 1.807) is 12.1 Å². The molecule has 0 atom stereocenters. The summed E-state index contributed by atoms with van der Waals surface area (Å²) >= 11 is 6.30. The van der Waals surface area contributed by atoms with E-state index in [0.717, 1.165) is 45.4 Å². The van der Waals surface area contributed by atoms with Gasteiger partial charge in [0.25, 0.3) is 0 Å². The first kappa shape index (κ1) is 14.3. The summed E-state index contributed by atoms with van der Waals surface area (Å²) in [5.41, 5.74) is 0.878. The van der Waals surface area contributed by atoms with Crippen molar-refractivity contribution in [3.63, 3.8) is 0 Å². The average molecular weight is 298 g/mol. The molecule has 3 rings (SSSR count). The summed E-state index contributed by atoms with van der Waals surface area (Å²) in [6.07, 6.45) is 4.19. The normalized spacial score (nSPS) is 23.6. The lowest BCUT2D eigenvalue weighted by Crippen LogP contribution is -2.56. The number of nitrogens with one attached hydrogen (secondary N) is 1. The number of rotatable bonds is 3. The topological polar surface area (TPSA) is 21.3 Å². The number of hydrogen-bond acceptors (Lipinski definition) is 2. The molecule has 110 valence electrons. The van der Waals surface area contributed by atoms with Crippen LogP contribution in [-0.2, 0) is 10.2 Å². The zero-order chi connectivity index (χ0) is 14.2. The summed E-state index contributed by atoms with van der Waals surface area (Å²) in [4.78, 5) is 0. The SMILES string of the molecule is CNCC1(c2c(F)cccc2Cl)CC2(CCOCC2)C1. The molecular weight excluding hydrogens is 277 g/mol. The third kappa shape index (κ3) is 2.26. The quantitative estimate of drug-likeness (QED) is 0.921. The van der Waals surface area contributed by atoms with Crippen molar-refractivity contribution in [2.75, 3.05) is 26.8 Å². The van der Waals surface area contributed by atoms with Crippen LogP contribution in [0.2, 0.25) is 5.02 Å². The van der Waals surface area contributed by atoms with Crippen LogP contribution in [0.15, 0.2) is 18.2 Å². The number of halogens is 2. The first-order valence-corrected chi connectivity index (χ1v) is 7.66. The summed E-state index contributed by atoms with van der Waals surface area (Å²) in [6, 6.07) is 5.00. The van der Waals surface area contributed by atoms with E-state index < -0.39 is 0 Å². The van der Waals surface area contributed by atoms with Gasteiger partial charge < -0.3 is 10.1 Å². The van der Waals surface area contributed by atoms with E-state index in [1.807, 2.05) is 7.05 Å². The van der Waals surface area contributed by atoms with E-state index in [4.69, 9.17) is 16.3 Å². The highest BCUT2D eigenvalue weighted by molar-refractivity contribution is 6.31. The van der Waals surface area contributed by atoms with Crippen molar-refractivity contribution in [2.24, 2.45) is 5.41 Å². The van der Waals surface area contributed by atoms with Crippen molar-refractivity contribution < 1.29 is 9.13 Å². The van der Waals surface area contributed by atoms with E-state index in [2.05, 4.69) is 5.32 Å². The van der Waals surface area contributed by atoms with Crippen molar-refractivity contribution in [1.29, 1.82) is 0 Å². The molecule has 2 aliphatic rings. The second-order valence-corrected chi connectivity index (χ2v) is 6.78. The monoisotopic (exact) mass is 297 g/mol. The van der Waals surface area contributed by atoms with Crippen LogP contribution in [0.3, 0.4) is 0 Å². The van der Waals surface area contributed by atoms with E-state index in [1.165, 1.54) is 6.07 Å². The van der Waals surface area contributed by atoms with Crippen molar-refractivity contribution in [2.45, 2.75) is 31.1 Å². The summed E-state index contributed by atoms with van der Waals surface area (Å²) in [6.45, 7) is 2.44. The molecule has 1 saturated carbocycles. The van der Waals surface area contributed by atoms with Gasteiger partial charge in [-0.15, -0.1) is 0 Å². The van der Waals surface area contributed by atoms with Crippen LogP contribution in [0.4, 0.5) is 4.39 Å². The molecule has 0 radical (unpaired) electrons. The van der Waals surface area contributed by atoms with Crippen molar-refractivity contribution in [3.8, 4) is 0 Å². The van der Waals surface area contributed by atoms with E-state index in [-0.39, 0.29) is 11.2 Å². The Kier molecular flexibility index (Phi) is 3.78. The molecule has 1 saturated heterocycles. The fraction of sp³-hybridized carbons (Fsp3) is 0.625. The molecule has 1 N–H and O–H groups in total. The van der Waals surface area contributed by atoms with Gasteiger partial charge >= 0.3 is 0 Å². The molecular formula is C16H21ClFNO. The molecule has 1 aromatic carbocycles. The molecule has 2 fully saturated rings. The highest BCUT2D eigenvalue weighted by Crippen LogP contribution is 2.61. The standard InChI is InChI=1S/C16H21ClFNO/c1-19-11-16(14-12(17)3-2-4-13(14)18)9-15(10-16)5-7-20-8-6-15/h2-4,19H,5-11H2,1H3. The fourth-order valence-electron chi connectivity index (χ4n) is 4.27. The minimum atomic E-state index is -0.172. The Hall–Kier alpha value is -0.640. The molecule has 1 heterocycles. The summed E-state index contributed by atoms with van der Waals surface area (Å²) in [5, 5.41) is 3.79. The van der Waals surface area contributed by atoms with Crippen LogP contribution in [0.25, 0.3) is 0 Å².